The Balaban J connectivity index is 1.86. The quantitative estimate of drug-likeness (QED) is 0.805. The summed E-state index contributed by atoms with van der Waals surface area (Å²) in [4.78, 5) is 12.7. The predicted molar refractivity (Wildman–Crippen MR) is 77.4 cm³/mol. The summed E-state index contributed by atoms with van der Waals surface area (Å²) < 4.78 is 0. The Hall–Kier alpha value is -2.68. The molecule has 2 N–H and O–H groups in total. The lowest BCUT2D eigenvalue weighted by molar-refractivity contribution is 0.986. The molecule has 0 unspecified atom stereocenters. The van der Waals surface area contributed by atoms with Crippen molar-refractivity contribution in [1.29, 1.82) is 5.26 Å². The summed E-state index contributed by atoms with van der Waals surface area (Å²) in [6, 6.07) is 7.50. The summed E-state index contributed by atoms with van der Waals surface area (Å²) in [6.07, 6.45) is 1.66. The van der Waals surface area contributed by atoms with E-state index in [1.165, 1.54) is 0 Å². The van der Waals surface area contributed by atoms with E-state index in [2.05, 4.69) is 31.7 Å². The Kier molecular flexibility index (Phi) is 4.45. The van der Waals surface area contributed by atoms with Crippen molar-refractivity contribution in [1.82, 2.24) is 15.0 Å². The van der Waals surface area contributed by atoms with Crippen LogP contribution < -0.4 is 10.6 Å². The van der Waals surface area contributed by atoms with Crippen LogP contribution in [0.3, 0.4) is 0 Å². The van der Waals surface area contributed by atoms with Crippen LogP contribution in [-0.4, -0.2) is 28.0 Å². The van der Waals surface area contributed by atoms with Gasteiger partial charge in [0, 0.05) is 30.7 Å². The first-order chi connectivity index (χ1) is 9.69. The monoisotopic (exact) mass is 268 g/mol. The van der Waals surface area contributed by atoms with Gasteiger partial charge in [0.1, 0.15) is 11.9 Å². The molecule has 0 aromatic carbocycles. The number of nitriles is 1. The summed E-state index contributed by atoms with van der Waals surface area (Å²) >= 11 is 0. The van der Waals surface area contributed by atoms with Crippen LogP contribution in [0.25, 0.3) is 0 Å². The van der Waals surface area contributed by atoms with E-state index >= 15 is 0 Å². The van der Waals surface area contributed by atoms with Gasteiger partial charge in [-0.1, -0.05) is 0 Å². The van der Waals surface area contributed by atoms with E-state index < -0.39 is 0 Å². The van der Waals surface area contributed by atoms with Crippen LogP contribution in [0.2, 0.25) is 0 Å². The fourth-order valence-electron chi connectivity index (χ4n) is 1.80. The minimum Gasteiger partial charge on any atom is -0.367 e. The summed E-state index contributed by atoms with van der Waals surface area (Å²) in [5, 5.41) is 15.2. The molecule has 0 aliphatic rings. The van der Waals surface area contributed by atoms with Crippen molar-refractivity contribution in [3.63, 3.8) is 0 Å². The Morgan fingerprint density at radius 2 is 1.85 bits per heavy atom. The first-order valence-electron chi connectivity index (χ1n) is 6.34. The lowest BCUT2D eigenvalue weighted by Gasteiger charge is -2.09. The van der Waals surface area contributed by atoms with Gasteiger partial charge in [0.25, 0.3) is 0 Å². The van der Waals surface area contributed by atoms with Crippen molar-refractivity contribution in [2.75, 3.05) is 23.7 Å². The second-order valence-corrected chi connectivity index (χ2v) is 4.34. The molecule has 0 amide bonds. The molecule has 2 rings (SSSR count). The van der Waals surface area contributed by atoms with E-state index in [4.69, 9.17) is 5.26 Å². The zero-order valence-electron chi connectivity index (χ0n) is 11.5. The number of anilines is 2. The first kappa shape index (κ1) is 13.7. The molecule has 0 spiro atoms. The van der Waals surface area contributed by atoms with Gasteiger partial charge < -0.3 is 10.6 Å². The zero-order chi connectivity index (χ0) is 14.4. The molecule has 102 valence electrons. The summed E-state index contributed by atoms with van der Waals surface area (Å²) in [5.74, 6) is 1.21. The third-order valence-electron chi connectivity index (χ3n) is 2.61. The molecule has 2 heterocycles. The van der Waals surface area contributed by atoms with Crippen LogP contribution in [0.4, 0.5) is 11.8 Å². The lowest BCUT2D eigenvalue weighted by Crippen LogP contribution is -2.16. The fourth-order valence-corrected chi connectivity index (χ4v) is 1.80. The van der Waals surface area contributed by atoms with Crippen LogP contribution in [0.15, 0.2) is 24.4 Å². The van der Waals surface area contributed by atoms with Crippen LogP contribution in [0.5, 0.6) is 0 Å². The highest BCUT2D eigenvalue weighted by molar-refractivity contribution is 5.51. The van der Waals surface area contributed by atoms with Gasteiger partial charge >= 0.3 is 0 Å². The number of nitrogens with zero attached hydrogens (tertiary/aromatic N) is 4. The third kappa shape index (κ3) is 3.65. The fraction of sp³-hybridized carbons (Fsp3) is 0.286. The van der Waals surface area contributed by atoms with Gasteiger partial charge in [-0.2, -0.15) is 5.26 Å². The van der Waals surface area contributed by atoms with Crippen LogP contribution in [0, 0.1) is 25.2 Å². The zero-order valence-corrected chi connectivity index (χ0v) is 11.5. The van der Waals surface area contributed by atoms with Gasteiger partial charge in [-0.15, -0.1) is 0 Å². The molecule has 0 bridgehead atoms. The first-order valence-corrected chi connectivity index (χ1v) is 6.34. The molecule has 0 aliphatic heterocycles. The maximum absolute atomic E-state index is 8.95. The highest BCUT2D eigenvalue weighted by Gasteiger charge is 2.02. The van der Waals surface area contributed by atoms with Crippen molar-refractivity contribution in [2.24, 2.45) is 0 Å². The van der Waals surface area contributed by atoms with Gasteiger partial charge in [-0.25, -0.2) is 15.0 Å². The van der Waals surface area contributed by atoms with Crippen molar-refractivity contribution in [2.45, 2.75) is 13.8 Å². The van der Waals surface area contributed by atoms with Crippen LogP contribution in [0.1, 0.15) is 17.0 Å². The van der Waals surface area contributed by atoms with E-state index in [1.54, 1.807) is 18.3 Å². The lowest BCUT2D eigenvalue weighted by atomic mass is 10.3. The molecule has 6 nitrogen and oxygen atoms in total. The second-order valence-electron chi connectivity index (χ2n) is 4.34. The van der Waals surface area contributed by atoms with Crippen molar-refractivity contribution in [3.05, 3.63) is 41.3 Å². The van der Waals surface area contributed by atoms with Gasteiger partial charge in [-0.05, 0) is 32.0 Å². The molecule has 0 atom stereocenters. The van der Waals surface area contributed by atoms with Gasteiger partial charge in [0.15, 0.2) is 0 Å². The Morgan fingerprint density at radius 1 is 1.15 bits per heavy atom. The Labute approximate surface area is 117 Å². The van der Waals surface area contributed by atoms with E-state index in [1.807, 2.05) is 19.9 Å². The van der Waals surface area contributed by atoms with E-state index in [-0.39, 0.29) is 0 Å². The number of hydrogen-bond donors (Lipinski definition) is 2. The topological polar surface area (TPSA) is 86.5 Å². The van der Waals surface area contributed by atoms with E-state index in [0.29, 0.717) is 30.4 Å². The van der Waals surface area contributed by atoms with Crippen LogP contribution in [-0.2, 0) is 0 Å². The van der Waals surface area contributed by atoms with Gasteiger partial charge in [-0.3, -0.25) is 0 Å². The smallest absolute Gasteiger partial charge is 0.223 e. The molecule has 2 aromatic heterocycles. The standard InChI is InChI=1S/C14H16N6/c1-10-8-11(2)20-14(19-10)18-7-6-17-13-12(9-15)4-3-5-16-13/h3-5,8H,6-7H2,1-2H3,(H,16,17)(H,18,19,20). The second kappa shape index (κ2) is 6.48. The molecule has 0 radical (unpaired) electrons. The highest BCUT2D eigenvalue weighted by atomic mass is 15.1. The van der Waals surface area contributed by atoms with Crippen molar-refractivity contribution in [3.8, 4) is 6.07 Å². The maximum Gasteiger partial charge on any atom is 0.223 e. The summed E-state index contributed by atoms with van der Waals surface area (Å²) in [5.41, 5.74) is 2.41. The molecule has 0 saturated carbocycles. The highest BCUT2D eigenvalue weighted by Crippen LogP contribution is 2.09. The Morgan fingerprint density at radius 3 is 2.55 bits per heavy atom. The number of nitrogens with one attached hydrogen (secondary N) is 2. The Bertz CT molecular complexity index is 612. The minimum absolute atomic E-state index is 0.537. The van der Waals surface area contributed by atoms with Gasteiger partial charge in [0.2, 0.25) is 5.95 Å². The summed E-state index contributed by atoms with van der Waals surface area (Å²) in [7, 11) is 0. The van der Waals surface area contributed by atoms with E-state index in [9.17, 15) is 0 Å². The third-order valence-corrected chi connectivity index (χ3v) is 2.61. The maximum atomic E-state index is 8.95. The molecular formula is C14H16N6. The molecule has 0 fully saturated rings. The number of hydrogen-bond acceptors (Lipinski definition) is 6. The van der Waals surface area contributed by atoms with Gasteiger partial charge in [0.05, 0.1) is 5.56 Å². The normalized spacial score (nSPS) is 9.85. The molecule has 0 saturated heterocycles. The van der Waals surface area contributed by atoms with E-state index in [0.717, 1.165) is 11.4 Å². The molecule has 2 aromatic rings. The molecule has 20 heavy (non-hydrogen) atoms. The number of aromatic nitrogens is 3. The average molecular weight is 268 g/mol. The largest absolute Gasteiger partial charge is 0.367 e. The number of rotatable bonds is 5. The number of pyridine rings is 1. The minimum atomic E-state index is 0.537. The SMILES string of the molecule is Cc1cc(C)nc(NCCNc2ncccc2C#N)n1. The van der Waals surface area contributed by atoms with Crippen LogP contribution >= 0.6 is 0 Å². The average Bonchev–Trinajstić information content (AvgIpc) is 2.43. The van der Waals surface area contributed by atoms with Crippen molar-refractivity contribution >= 4 is 11.8 Å². The predicted octanol–water partition coefficient (Wildman–Crippen LogP) is 1.88. The molecule has 6 heteroatoms. The number of aryl methyl sites for hydroxylation is 2. The molecular weight excluding hydrogens is 252 g/mol. The molecule has 0 aliphatic carbocycles. The summed E-state index contributed by atoms with van der Waals surface area (Å²) in [6.45, 7) is 5.14. The van der Waals surface area contributed by atoms with Crippen molar-refractivity contribution < 1.29 is 0 Å².